The number of aryl methyl sites for hydroxylation is 1. The van der Waals surface area contributed by atoms with Gasteiger partial charge in [0.05, 0.1) is 19.2 Å². The third-order valence-electron chi connectivity index (χ3n) is 3.79. The highest BCUT2D eigenvalue weighted by molar-refractivity contribution is 5.99. The van der Waals surface area contributed by atoms with Gasteiger partial charge in [-0.15, -0.1) is 0 Å². The summed E-state index contributed by atoms with van der Waals surface area (Å²) in [4.78, 5) is 27.5. The van der Waals surface area contributed by atoms with E-state index >= 15 is 0 Å². The molecule has 1 aromatic carbocycles. The molecular weight excluding hydrogens is 270 g/mol. The maximum absolute atomic E-state index is 12.5. The first-order valence-corrected chi connectivity index (χ1v) is 6.96. The molecular formula is C15H21N3O3. The van der Waals surface area contributed by atoms with Crippen LogP contribution in [-0.2, 0) is 9.53 Å². The van der Waals surface area contributed by atoms with Crippen LogP contribution in [0.3, 0.4) is 0 Å². The Hall–Kier alpha value is -2.08. The lowest BCUT2D eigenvalue weighted by atomic mass is 10.1. The molecule has 0 spiro atoms. The van der Waals surface area contributed by atoms with Crippen LogP contribution in [0, 0.1) is 6.92 Å². The molecule has 1 fully saturated rings. The number of nitrogens with two attached hydrogens (primary N) is 1. The Bertz CT molecular complexity index is 537. The minimum absolute atomic E-state index is 0.0473. The van der Waals surface area contributed by atoms with Crippen molar-refractivity contribution in [1.82, 2.24) is 9.80 Å². The Balaban J connectivity index is 1.97. The van der Waals surface area contributed by atoms with Gasteiger partial charge in [-0.25, -0.2) is 0 Å². The van der Waals surface area contributed by atoms with Crippen LogP contribution in [0.2, 0.25) is 0 Å². The van der Waals surface area contributed by atoms with Crippen molar-refractivity contribution < 1.29 is 14.3 Å². The topological polar surface area (TPSA) is 75.9 Å². The van der Waals surface area contributed by atoms with E-state index in [4.69, 9.17) is 5.73 Å². The molecule has 1 amide bonds. The summed E-state index contributed by atoms with van der Waals surface area (Å²) in [5.41, 5.74) is 7.98. The van der Waals surface area contributed by atoms with Gasteiger partial charge in [-0.1, -0.05) is 12.1 Å². The van der Waals surface area contributed by atoms with Gasteiger partial charge in [-0.2, -0.15) is 0 Å². The molecule has 1 aliphatic heterocycles. The lowest BCUT2D eigenvalue weighted by molar-refractivity contribution is -0.142. The zero-order chi connectivity index (χ0) is 15.4. The molecule has 114 valence electrons. The number of carbonyl (C=O) groups is 2. The maximum Gasteiger partial charge on any atom is 0.319 e. The van der Waals surface area contributed by atoms with Gasteiger partial charge in [0.15, 0.2) is 0 Å². The molecule has 0 radical (unpaired) electrons. The summed E-state index contributed by atoms with van der Waals surface area (Å²) in [6, 6.07) is 5.48. The second-order valence-electron chi connectivity index (χ2n) is 5.18. The Morgan fingerprint density at radius 2 is 1.90 bits per heavy atom. The first kappa shape index (κ1) is 15.3. The van der Waals surface area contributed by atoms with E-state index in [1.165, 1.54) is 7.11 Å². The van der Waals surface area contributed by atoms with Gasteiger partial charge in [0, 0.05) is 31.9 Å². The highest BCUT2D eigenvalue weighted by Gasteiger charge is 2.24. The minimum Gasteiger partial charge on any atom is -0.468 e. The van der Waals surface area contributed by atoms with Crippen molar-refractivity contribution in [3.05, 3.63) is 29.3 Å². The minimum atomic E-state index is -0.252. The Morgan fingerprint density at radius 1 is 1.24 bits per heavy atom. The number of piperazine rings is 1. The number of nitrogen functional groups attached to an aromatic ring is 1. The molecule has 2 N–H and O–H groups in total. The van der Waals surface area contributed by atoms with Crippen LogP contribution in [0.25, 0.3) is 0 Å². The number of carbonyl (C=O) groups excluding carboxylic acids is 2. The molecule has 0 aliphatic carbocycles. The summed E-state index contributed by atoms with van der Waals surface area (Å²) in [7, 11) is 1.38. The van der Waals surface area contributed by atoms with E-state index in [2.05, 4.69) is 4.74 Å². The Morgan fingerprint density at radius 3 is 2.52 bits per heavy atom. The maximum atomic E-state index is 12.5. The van der Waals surface area contributed by atoms with Crippen molar-refractivity contribution in [2.24, 2.45) is 0 Å². The standard InChI is InChI=1S/C15H21N3O3/c1-11-4-3-5-12(14(11)16)15(20)18-8-6-17(7-9-18)10-13(19)21-2/h3-5H,6-10,16H2,1-2H3. The van der Waals surface area contributed by atoms with E-state index in [1.54, 1.807) is 11.0 Å². The van der Waals surface area contributed by atoms with Gasteiger partial charge < -0.3 is 15.4 Å². The van der Waals surface area contributed by atoms with Gasteiger partial charge >= 0.3 is 5.97 Å². The number of ether oxygens (including phenoxy) is 1. The molecule has 21 heavy (non-hydrogen) atoms. The number of para-hydroxylation sites is 1. The van der Waals surface area contributed by atoms with Crippen LogP contribution in [0.5, 0.6) is 0 Å². The number of anilines is 1. The highest BCUT2D eigenvalue weighted by Crippen LogP contribution is 2.19. The van der Waals surface area contributed by atoms with E-state index in [1.807, 2.05) is 24.0 Å². The van der Waals surface area contributed by atoms with Gasteiger partial charge in [0.25, 0.3) is 5.91 Å². The molecule has 0 bridgehead atoms. The van der Waals surface area contributed by atoms with Crippen molar-refractivity contribution in [1.29, 1.82) is 0 Å². The van der Waals surface area contributed by atoms with Crippen molar-refractivity contribution in [2.45, 2.75) is 6.92 Å². The van der Waals surface area contributed by atoms with Gasteiger partial charge in [-0.3, -0.25) is 14.5 Å². The zero-order valence-corrected chi connectivity index (χ0v) is 12.5. The van der Waals surface area contributed by atoms with Crippen molar-refractivity contribution in [3.8, 4) is 0 Å². The average Bonchev–Trinajstić information content (AvgIpc) is 2.50. The van der Waals surface area contributed by atoms with E-state index < -0.39 is 0 Å². The predicted molar refractivity (Wildman–Crippen MR) is 80.0 cm³/mol. The molecule has 0 aromatic heterocycles. The third kappa shape index (κ3) is 3.52. The van der Waals surface area contributed by atoms with Crippen LogP contribution < -0.4 is 5.73 Å². The monoisotopic (exact) mass is 291 g/mol. The summed E-state index contributed by atoms with van der Waals surface area (Å²) in [6.45, 7) is 4.65. The fourth-order valence-electron chi connectivity index (χ4n) is 2.39. The molecule has 1 aromatic rings. The first-order valence-electron chi connectivity index (χ1n) is 6.96. The summed E-state index contributed by atoms with van der Waals surface area (Å²) in [5, 5.41) is 0. The van der Waals surface area contributed by atoms with E-state index in [0.717, 1.165) is 5.56 Å². The van der Waals surface area contributed by atoms with Crippen molar-refractivity contribution in [3.63, 3.8) is 0 Å². The molecule has 6 nitrogen and oxygen atoms in total. The molecule has 0 unspecified atom stereocenters. The van der Waals surface area contributed by atoms with Gasteiger partial charge in [-0.05, 0) is 18.6 Å². The summed E-state index contributed by atoms with van der Waals surface area (Å²) in [5.74, 6) is -0.299. The average molecular weight is 291 g/mol. The van der Waals surface area contributed by atoms with Gasteiger partial charge in [0.1, 0.15) is 0 Å². The fraction of sp³-hybridized carbons (Fsp3) is 0.467. The smallest absolute Gasteiger partial charge is 0.319 e. The van der Waals surface area contributed by atoms with E-state index in [0.29, 0.717) is 37.4 Å². The molecule has 0 saturated carbocycles. The number of rotatable bonds is 3. The van der Waals surface area contributed by atoms with Crippen molar-refractivity contribution in [2.75, 3.05) is 45.6 Å². The number of benzene rings is 1. The summed E-state index contributed by atoms with van der Waals surface area (Å²) in [6.07, 6.45) is 0. The first-order chi connectivity index (χ1) is 10.0. The number of methoxy groups -OCH3 is 1. The number of hydrogen-bond donors (Lipinski definition) is 1. The van der Waals surface area contributed by atoms with Crippen LogP contribution in [0.4, 0.5) is 5.69 Å². The number of esters is 1. The summed E-state index contributed by atoms with van der Waals surface area (Å²) >= 11 is 0. The second kappa shape index (κ2) is 6.58. The lowest BCUT2D eigenvalue weighted by Gasteiger charge is -2.34. The van der Waals surface area contributed by atoms with E-state index in [9.17, 15) is 9.59 Å². The fourth-order valence-corrected chi connectivity index (χ4v) is 2.39. The Labute approximate surface area is 124 Å². The molecule has 1 saturated heterocycles. The summed E-state index contributed by atoms with van der Waals surface area (Å²) < 4.78 is 4.65. The highest BCUT2D eigenvalue weighted by atomic mass is 16.5. The quantitative estimate of drug-likeness (QED) is 0.648. The second-order valence-corrected chi connectivity index (χ2v) is 5.18. The van der Waals surface area contributed by atoms with Crippen LogP contribution in [0.1, 0.15) is 15.9 Å². The zero-order valence-electron chi connectivity index (χ0n) is 12.5. The molecule has 1 aliphatic rings. The molecule has 6 heteroatoms. The SMILES string of the molecule is COC(=O)CN1CCN(C(=O)c2cccc(C)c2N)CC1. The predicted octanol–water partition coefficient (Wildman–Crippen LogP) is 0.508. The molecule has 0 atom stereocenters. The van der Waals surface area contributed by atoms with Crippen LogP contribution in [0.15, 0.2) is 18.2 Å². The van der Waals surface area contributed by atoms with Crippen LogP contribution >= 0.6 is 0 Å². The normalized spacial score (nSPS) is 15.8. The third-order valence-corrected chi connectivity index (χ3v) is 3.79. The lowest BCUT2D eigenvalue weighted by Crippen LogP contribution is -2.50. The van der Waals surface area contributed by atoms with Crippen LogP contribution in [-0.4, -0.2) is 61.5 Å². The van der Waals surface area contributed by atoms with Gasteiger partial charge in [0.2, 0.25) is 0 Å². The number of nitrogens with zero attached hydrogens (tertiary/aromatic N) is 2. The Kier molecular flexibility index (Phi) is 4.80. The van der Waals surface area contributed by atoms with E-state index in [-0.39, 0.29) is 18.4 Å². The van der Waals surface area contributed by atoms with Crippen molar-refractivity contribution >= 4 is 17.6 Å². The molecule has 2 rings (SSSR count). The largest absolute Gasteiger partial charge is 0.468 e. The molecule has 1 heterocycles. The number of amides is 1. The number of hydrogen-bond acceptors (Lipinski definition) is 5.